The molecule has 0 atom stereocenters. The number of aromatic nitrogens is 1. The van der Waals surface area contributed by atoms with E-state index in [1.807, 2.05) is 19.1 Å². The summed E-state index contributed by atoms with van der Waals surface area (Å²) in [5, 5.41) is 3.40. The molecule has 20 heavy (non-hydrogen) atoms. The molecule has 1 aromatic heterocycles. The highest BCUT2D eigenvalue weighted by molar-refractivity contribution is 7.80. The SMILES string of the molecule is CCOCCCN1C(=O)C(=Cc2ccncc2)NC1=S. The summed E-state index contributed by atoms with van der Waals surface area (Å²) < 4.78 is 5.26. The van der Waals surface area contributed by atoms with Crippen LogP contribution in [0, 0.1) is 0 Å². The minimum atomic E-state index is -0.0942. The van der Waals surface area contributed by atoms with Crippen LogP contribution in [0.1, 0.15) is 18.9 Å². The topological polar surface area (TPSA) is 54.5 Å². The molecule has 0 unspecified atom stereocenters. The molecule has 0 bridgehead atoms. The van der Waals surface area contributed by atoms with Gasteiger partial charge in [-0.25, -0.2) is 0 Å². The van der Waals surface area contributed by atoms with Crippen molar-refractivity contribution in [3.05, 3.63) is 35.8 Å². The van der Waals surface area contributed by atoms with E-state index in [2.05, 4.69) is 10.3 Å². The van der Waals surface area contributed by atoms with Gasteiger partial charge in [0.1, 0.15) is 5.70 Å². The third kappa shape index (κ3) is 3.61. The van der Waals surface area contributed by atoms with Crippen LogP contribution in [0.25, 0.3) is 6.08 Å². The third-order valence-corrected chi connectivity index (χ3v) is 3.18. The van der Waals surface area contributed by atoms with Gasteiger partial charge >= 0.3 is 0 Å². The quantitative estimate of drug-likeness (QED) is 0.490. The van der Waals surface area contributed by atoms with Crippen LogP contribution in [0.15, 0.2) is 30.2 Å². The summed E-state index contributed by atoms with van der Waals surface area (Å²) in [5.41, 5.74) is 1.41. The Morgan fingerprint density at radius 2 is 2.20 bits per heavy atom. The predicted molar refractivity (Wildman–Crippen MR) is 80.8 cm³/mol. The summed E-state index contributed by atoms with van der Waals surface area (Å²) in [6.45, 7) is 3.83. The predicted octanol–water partition coefficient (Wildman–Crippen LogP) is 1.57. The van der Waals surface area contributed by atoms with Gasteiger partial charge < -0.3 is 10.1 Å². The molecular weight excluding hydrogens is 274 g/mol. The van der Waals surface area contributed by atoms with E-state index in [0.717, 1.165) is 12.0 Å². The standard InChI is InChI=1S/C14H17N3O2S/c1-2-19-9-3-8-17-13(18)12(16-14(17)20)10-11-4-6-15-7-5-11/h4-7,10H,2-3,8-9H2,1H3,(H,16,20). The van der Waals surface area contributed by atoms with Crippen LogP contribution in [0.5, 0.6) is 0 Å². The fourth-order valence-electron chi connectivity index (χ4n) is 1.87. The molecule has 1 aliphatic rings. The maximum absolute atomic E-state index is 12.2. The average molecular weight is 291 g/mol. The van der Waals surface area contributed by atoms with Gasteiger partial charge in [0.15, 0.2) is 5.11 Å². The van der Waals surface area contributed by atoms with E-state index in [4.69, 9.17) is 17.0 Å². The van der Waals surface area contributed by atoms with Crippen molar-refractivity contribution in [3.8, 4) is 0 Å². The van der Waals surface area contributed by atoms with E-state index >= 15 is 0 Å². The van der Waals surface area contributed by atoms with E-state index in [-0.39, 0.29) is 5.91 Å². The van der Waals surface area contributed by atoms with Gasteiger partial charge in [0.2, 0.25) is 0 Å². The summed E-state index contributed by atoms with van der Waals surface area (Å²) in [6, 6.07) is 3.67. The lowest BCUT2D eigenvalue weighted by Gasteiger charge is -2.13. The zero-order valence-electron chi connectivity index (χ0n) is 11.3. The molecule has 0 radical (unpaired) electrons. The Hall–Kier alpha value is -1.79. The Morgan fingerprint density at radius 1 is 1.45 bits per heavy atom. The Morgan fingerprint density at radius 3 is 2.90 bits per heavy atom. The number of rotatable bonds is 6. The van der Waals surface area contributed by atoms with Gasteiger partial charge in [0, 0.05) is 32.2 Å². The average Bonchev–Trinajstić information content (AvgIpc) is 2.72. The molecule has 1 saturated heterocycles. The summed E-state index contributed by atoms with van der Waals surface area (Å²) in [6.07, 6.45) is 5.91. The molecule has 0 aromatic carbocycles. The van der Waals surface area contributed by atoms with Crippen molar-refractivity contribution in [2.75, 3.05) is 19.8 Å². The molecule has 106 valence electrons. The van der Waals surface area contributed by atoms with Crippen molar-refractivity contribution < 1.29 is 9.53 Å². The number of pyridine rings is 1. The van der Waals surface area contributed by atoms with Gasteiger partial charge in [0.05, 0.1) is 0 Å². The Labute approximate surface area is 123 Å². The molecular formula is C14H17N3O2S. The molecule has 1 aliphatic heterocycles. The lowest BCUT2D eigenvalue weighted by atomic mass is 10.2. The number of ether oxygens (including phenoxy) is 1. The minimum Gasteiger partial charge on any atom is -0.382 e. The van der Waals surface area contributed by atoms with Crippen LogP contribution in [-0.4, -0.2) is 40.7 Å². The number of nitrogens with one attached hydrogen (secondary N) is 1. The van der Waals surface area contributed by atoms with Crippen LogP contribution in [-0.2, 0) is 9.53 Å². The Bertz CT molecular complexity index is 516. The molecule has 0 aliphatic carbocycles. The summed E-state index contributed by atoms with van der Waals surface area (Å²) in [7, 11) is 0. The van der Waals surface area contributed by atoms with Gasteiger partial charge in [-0.2, -0.15) is 0 Å². The second-order valence-electron chi connectivity index (χ2n) is 4.28. The summed E-state index contributed by atoms with van der Waals surface area (Å²) in [5.74, 6) is -0.0942. The van der Waals surface area contributed by atoms with Crippen LogP contribution >= 0.6 is 12.2 Å². The normalized spacial score (nSPS) is 16.9. The largest absolute Gasteiger partial charge is 0.382 e. The number of nitrogens with zero attached hydrogens (tertiary/aromatic N) is 2. The number of carbonyl (C=O) groups excluding carboxylic acids is 1. The van der Waals surface area contributed by atoms with Gasteiger partial charge in [-0.15, -0.1) is 0 Å². The van der Waals surface area contributed by atoms with Gasteiger partial charge in [-0.1, -0.05) is 0 Å². The van der Waals surface area contributed by atoms with E-state index in [1.165, 1.54) is 0 Å². The Balaban J connectivity index is 2.00. The molecule has 1 amide bonds. The zero-order valence-corrected chi connectivity index (χ0v) is 12.2. The summed E-state index contributed by atoms with van der Waals surface area (Å²) >= 11 is 5.19. The molecule has 1 N–H and O–H groups in total. The zero-order chi connectivity index (χ0) is 14.4. The number of hydrogen-bond donors (Lipinski definition) is 1. The van der Waals surface area contributed by atoms with Crippen molar-refractivity contribution in [1.29, 1.82) is 0 Å². The van der Waals surface area contributed by atoms with Crippen LogP contribution in [0.3, 0.4) is 0 Å². The second-order valence-corrected chi connectivity index (χ2v) is 4.66. The number of amides is 1. The lowest BCUT2D eigenvalue weighted by Crippen LogP contribution is -2.32. The molecule has 1 fully saturated rings. The molecule has 5 nitrogen and oxygen atoms in total. The molecule has 1 aromatic rings. The maximum atomic E-state index is 12.2. The van der Waals surface area contributed by atoms with E-state index in [1.54, 1.807) is 23.4 Å². The highest BCUT2D eigenvalue weighted by atomic mass is 32.1. The monoisotopic (exact) mass is 291 g/mol. The number of hydrogen-bond acceptors (Lipinski definition) is 4. The first kappa shape index (κ1) is 14.6. The second kappa shape index (κ2) is 7.12. The van der Waals surface area contributed by atoms with Gasteiger partial charge in [-0.3, -0.25) is 14.7 Å². The fourth-order valence-corrected chi connectivity index (χ4v) is 2.15. The number of carbonyl (C=O) groups is 1. The first-order valence-electron chi connectivity index (χ1n) is 6.54. The Kier molecular flexibility index (Phi) is 5.20. The highest BCUT2D eigenvalue weighted by Crippen LogP contribution is 2.14. The van der Waals surface area contributed by atoms with Crippen molar-refractivity contribution in [2.24, 2.45) is 0 Å². The van der Waals surface area contributed by atoms with Crippen molar-refractivity contribution in [2.45, 2.75) is 13.3 Å². The van der Waals surface area contributed by atoms with Crippen LogP contribution < -0.4 is 5.32 Å². The van der Waals surface area contributed by atoms with Crippen molar-refractivity contribution in [3.63, 3.8) is 0 Å². The van der Waals surface area contributed by atoms with Crippen molar-refractivity contribution in [1.82, 2.24) is 15.2 Å². The molecule has 2 rings (SSSR count). The molecule has 2 heterocycles. The van der Waals surface area contributed by atoms with E-state index in [9.17, 15) is 4.79 Å². The smallest absolute Gasteiger partial charge is 0.276 e. The molecule has 0 saturated carbocycles. The first-order chi connectivity index (χ1) is 9.72. The van der Waals surface area contributed by atoms with Gasteiger partial charge in [-0.05, 0) is 49.3 Å². The fraction of sp³-hybridized carbons (Fsp3) is 0.357. The maximum Gasteiger partial charge on any atom is 0.276 e. The summed E-state index contributed by atoms with van der Waals surface area (Å²) in [4.78, 5) is 17.7. The number of thiocarbonyl (C=S) groups is 1. The minimum absolute atomic E-state index is 0.0942. The lowest BCUT2D eigenvalue weighted by molar-refractivity contribution is -0.122. The highest BCUT2D eigenvalue weighted by Gasteiger charge is 2.29. The van der Waals surface area contributed by atoms with E-state index in [0.29, 0.717) is 30.6 Å². The molecule has 0 spiro atoms. The van der Waals surface area contributed by atoms with Crippen LogP contribution in [0.2, 0.25) is 0 Å². The third-order valence-electron chi connectivity index (χ3n) is 2.85. The first-order valence-corrected chi connectivity index (χ1v) is 6.95. The van der Waals surface area contributed by atoms with Crippen LogP contribution in [0.4, 0.5) is 0 Å². The molecule has 6 heteroatoms. The van der Waals surface area contributed by atoms with Gasteiger partial charge in [0.25, 0.3) is 5.91 Å². The van der Waals surface area contributed by atoms with Crippen molar-refractivity contribution >= 4 is 29.3 Å². The van der Waals surface area contributed by atoms with E-state index < -0.39 is 0 Å².